The molecule has 78 valence electrons. The summed E-state index contributed by atoms with van der Waals surface area (Å²) in [5.41, 5.74) is 0.674. The van der Waals surface area contributed by atoms with Crippen LogP contribution in [0.4, 0.5) is 8.78 Å². The summed E-state index contributed by atoms with van der Waals surface area (Å²) in [5, 5.41) is 12.0. The van der Waals surface area contributed by atoms with Crippen LogP contribution in [0.2, 0.25) is 0 Å². The van der Waals surface area contributed by atoms with E-state index in [9.17, 15) is 13.6 Å². The molecule has 14 heavy (non-hydrogen) atoms. The third-order valence-corrected chi connectivity index (χ3v) is 1.82. The molecule has 1 N–H and O–H groups in total. The van der Waals surface area contributed by atoms with Crippen LogP contribution in [-0.4, -0.2) is 26.8 Å². The lowest BCUT2D eigenvalue weighted by Crippen LogP contribution is -2.31. The molecule has 0 spiro atoms. The summed E-state index contributed by atoms with van der Waals surface area (Å²) >= 11 is 0. The molecular formula is C8H10F2N2O2. The Balaban J connectivity index is 2.88. The molecule has 0 atom stereocenters. The van der Waals surface area contributed by atoms with Gasteiger partial charge in [-0.05, 0) is 12.5 Å². The number of aromatic nitrogens is 2. The first-order chi connectivity index (χ1) is 6.33. The van der Waals surface area contributed by atoms with Gasteiger partial charge in [-0.25, -0.2) is 4.79 Å². The Bertz CT molecular complexity index is 360. The third kappa shape index (κ3) is 2.07. The number of carbonyl (C=O) groups is 1. The van der Waals surface area contributed by atoms with Gasteiger partial charge in [-0.15, -0.1) is 0 Å². The average Bonchev–Trinajstić information content (AvgIpc) is 2.29. The van der Waals surface area contributed by atoms with Gasteiger partial charge < -0.3 is 5.11 Å². The van der Waals surface area contributed by atoms with Crippen LogP contribution >= 0.6 is 0 Å². The van der Waals surface area contributed by atoms with Crippen LogP contribution in [0.3, 0.4) is 0 Å². The second kappa shape index (κ2) is 3.36. The van der Waals surface area contributed by atoms with E-state index < -0.39 is 18.3 Å². The molecule has 0 saturated carbocycles. The number of carboxylic acid groups (broad SMARTS) is 1. The van der Waals surface area contributed by atoms with Gasteiger partial charge >= 0.3 is 11.9 Å². The van der Waals surface area contributed by atoms with E-state index in [2.05, 4.69) is 5.10 Å². The van der Waals surface area contributed by atoms with Crippen LogP contribution < -0.4 is 0 Å². The highest BCUT2D eigenvalue weighted by atomic mass is 19.3. The van der Waals surface area contributed by atoms with Crippen molar-refractivity contribution in [2.24, 2.45) is 7.05 Å². The Hall–Kier alpha value is -1.46. The zero-order valence-corrected chi connectivity index (χ0v) is 7.79. The number of aryl methyl sites for hydroxylation is 2. The SMILES string of the molecule is Cc1cn(C)nc1CC(F)(F)C(=O)O. The molecule has 0 aliphatic carbocycles. The van der Waals surface area contributed by atoms with Gasteiger partial charge in [0.05, 0.1) is 12.1 Å². The standard InChI is InChI=1S/C8H10F2N2O2/c1-5-4-12(2)11-6(5)3-8(9,10)7(13)14/h4H,3H2,1-2H3,(H,13,14). The topological polar surface area (TPSA) is 55.1 Å². The van der Waals surface area contributed by atoms with Crippen LogP contribution in [0.1, 0.15) is 11.3 Å². The van der Waals surface area contributed by atoms with Crippen molar-refractivity contribution < 1.29 is 18.7 Å². The Labute approximate surface area is 79.2 Å². The Morgan fingerprint density at radius 3 is 2.64 bits per heavy atom. The largest absolute Gasteiger partial charge is 0.477 e. The highest BCUT2D eigenvalue weighted by Gasteiger charge is 2.40. The van der Waals surface area contributed by atoms with Crippen molar-refractivity contribution >= 4 is 5.97 Å². The van der Waals surface area contributed by atoms with Crippen molar-refractivity contribution in [1.29, 1.82) is 0 Å². The third-order valence-electron chi connectivity index (χ3n) is 1.82. The van der Waals surface area contributed by atoms with E-state index in [0.29, 0.717) is 5.56 Å². The summed E-state index contributed by atoms with van der Waals surface area (Å²) in [4.78, 5) is 10.2. The van der Waals surface area contributed by atoms with Gasteiger partial charge in [0, 0.05) is 13.2 Å². The van der Waals surface area contributed by atoms with Crippen LogP contribution in [0.15, 0.2) is 6.20 Å². The van der Waals surface area contributed by atoms with Crippen LogP contribution in [0.5, 0.6) is 0 Å². The molecule has 1 aromatic rings. The normalized spacial score (nSPS) is 11.7. The first kappa shape index (κ1) is 10.6. The molecule has 0 radical (unpaired) electrons. The summed E-state index contributed by atoms with van der Waals surface area (Å²) in [5.74, 6) is -5.87. The Morgan fingerprint density at radius 1 is 1.71 bits per heavy atom. The van der Waals surface area contributed by atoms with E-state index in [1.807, 2.05) is 0 Å². The Morgan fingerprint density at radius 2 is 2.29 bits per heavy atom. The summed E-state index contributed by atoms with van der Waals surface area (Å²) in [7, 11) is 1.59. The quantitative estimate of drug-likeness (QED) is 0.798. The van der Waals surface area contributed by atoms with Crippen molar-refractivity contribution in [2.45, 2.75) is 19.3 Å². The van der Waals surface area contributed by atoms with Gasteiger partial charge in [-0.3, -0.25) is 4.68 Å². The second-order valence-electron chi connectivity index (χ2n) is 3.12. The van der Waals surface area contributed by atoms with Crippen molar-refractivity contribution in [3.05, 3.63) is 17.5 Å². The second-order valence-corrected chi connectivity index (χ2v) is 3.12. The smallest absolute Gasteiger partial charge is 0.374 e. The molecule has 0 aliphatic rings. The van der Waals surface area contributed by atoms with Crippen molar-refractivity contribution in [3.63, 3.8) is 0 Å². The number of aliphatic carboxylic acids is 1. The molecule has 6 heteroatoms. The van der Waals surface area contributed by atoms with Crippen molar-refractivity contribution in [1.82, 2.24) is 9.78 Å². The Kier molecular flexibility index (Phi) is 2.55. The number of rotatable bonds is 3. The van der Waals surface area contributed by atoms with Gasteiger partial charge in [-0.2, -0.15) is 13.9 Å². The molecular weight excluding hydrogens is 194 g/mol. The van der Waals surface area contributed by atoms with Gasteiger partial charge in [0.2, 0.25) is 0 Å². The maximum absolute atomic E-state index is 12.8. The van der Waals surface area contributed by atoms with Gasteiger partial charge in [0.25, 0.3) is 0 Å². The van der Waals surface area contributed by atoms with Crippen LogP contribution in [0.25, 0.3) is 0 Å². The summed E-state index contributed by atoms with van der Waals surface area (Å²) < 4.78 is 26.9. The summed E-state index contributed by atoms with van der Waals surface area (Å²) in [6, 6.07) is 0. The monoisotopic (exact) mass is 204 g/mol. The van der Waals surface area contributed by atoms with E-state index in [1.54, 1.807) is 20.2 Å². The minimum absolute atomic E-state index is 0.111. The number of hydrogen-bond donors (Lipinski definition) is 1. The molecule has 1 aromatic heterocycles. The maximum atomic E-state index is 12.8. The fourth-order valence-electron chi connectivity index (χ4n) is 1.11. The summed E-state index contributed by atoms with van der Waals surface area (Å²) in [6.07, 6.45) is 0.697. The molecule has 0 aromatic carbocycles. The highest BCUT2D eigenvalue weighted by Crippen LogP contribution is 2.21. The molecule has 0 bridgehead atoms. The molecule has 4 nitrogen and oxygen atoms in total. The van der Waals surface area contributed by atoms with Gasteiger partial charge in [-0.1, -0.05) is 0 Å². The van der Waals surface area contributed by atoms with E-state index in [4.69, 9.17) is 5.11 Å². The van der Waals surface area contributed by atoms with E-state index >= 15 is 0 Å². The first-order valence-electron chi connectivity index (χ1n) is 3.93. The maximum Gasteiger partial charge on any atom is 0.374 e. The lowest BCUT2D eigenvalue weighted by molar-refractivity contribution is -0.164. The van der Waals surface area contributed by atoms with Gasteiger partial charge in [0.1, 0.15) is 0 Å². The van der Waals surface area contributed by atoms with Crippen molar-refractivity contribution in [2.75, 3.05) is 0 Å². The predicted octanol–water partition coefficient (Wildman–Crippen LogP) is 0.991. The van der Waals surface area contributed by atoms with Crippen molar-refractivity contribution in [3.8, 4) is 0 Å². The predicted molar refractivity (Wildman–Crippen MR) is 44.2 cm³/mol. The minimum Gasteiger partial charge on any atom is -0.477 e. The molecule has 0 amide bonds. The lowest BCUT2D eigenvalue weighted by atomic mass is 10.1. The fraction of sp³-hybridized carbons (Fsp3) is 0.500. The number of hydrogen-bond acceptors (Lipinski definition) is 2. The first-order valence-corrected chi connectivity index (χ1v) is 3.93. The average molecular weight is 204 g/mol. The molecule has 1 rings (SSSR count). The number of halogens is 2. The fourth-order valence-corrected chi connectivity index (χ4v) is 1.11. The number of alkyl halides is 2. The molecule has 0 saturated heterocycles. The minimum atomic E-state index is -3.75. The van der Waals surface area contributed by atoms with E-state index in [0.717, 1.165) is 0 Å². The highest BCUT2D eigenvalue weighted by molar-refractivity contribution is 5.75. The molecule has 0 unspecified atom stereocenters. The summed E-state index contributed by atoms with van der Waals surface area (Å²) in [6.45, 7) is 1.61. The van der Waals surface area contributed by atoms with Crippen LogP contribution in [0, 0.1) is 6.92 Å². The zero-order valence-electron chi connectivity index (χ0n) is 7.79. The van der Waals surface area contributed by atoms with E-state index in [1.165, 1.54) is 4.68 Å². The van der Waals surface area contributed by atoms with Crippen LogP contribution in [-0.2, 0) is 18.3 Å². The lowest BCUT2D eigenvalue weighted by Gasteiger charge is -2.08. The number of carboxylic acids is 1. The number of nitrogens with zero attached hydrogens (tertiary/aromatic N) is 2. The van der Waals surface area contributed by atoms with Gasteiger partial charge in [0.15, 0.2) is 0 Å². The molecule has 0 fully saturated rings. The molecule has 0 aliphatic heterocycles. The zero-order chi connectivity index (χ0) is 10.9. The molecule has 1 heterocycles. The van der Waals surface area contributed by atoms with E-state index in [-0.39, 0.29) is 5.69 Å².